The van der Waals surface area contributed by atoms with Gasteiger partial charge in [-0.1, -0.05) is 24.3 Å². The standard InChI is InChI=1S/C10H7NO4/c12-9(13)7-5-3-1-2-4-6(5)8(11-7)10(14)15/h1-4,11H,(H,12,13)(H,14,15). The van der Waals surface area contributed by atoms with Gasteiger partial charge in [0.05, 0.1) is 0 Å². The molecule has 3 N–H and O–H groups in total. The van der Waals surface area contributed by atoms with Crippen molar-refractivity contribution < 1.29 is 19.8 Å². The van der Waals surface area contributed by atoms with Crippen LogP contribution in [-0.4, -0.2) is 27.1 Å². The van der Waals surface area contributed by atoms with Crippen molar-refractivity contribution in [3.8, 4) is 0 Å². The molecule has 0 atom stereocenters. The highest BCUT2D eigenvalue weighted by molar-refractivity contribution is 6.10. The number of rotatable bonds is 2. The van der Waals surface area contributed by atoms with Crippen LogP contribution in [0, 0.1) is 0 Å². The number of aromatic carboxylic acids is 2. The number of carboxylic acid groups (broad SMARTS) is 2. The summed E-state index contributed by atoms with van der Waals surface area (Å²) in [7, 11) is 0. The molecule has 0 spiro atoms. The summed E-state index contributed by atoms with van der Waals surface area (Å²) in [5, 5.41) is 18.5. The zero-order valence-electron chi connectivity index (χ0n) is 7.52. The molecule has 1 aromatic carbocycles. The third kappa shape index (κ3) is 1.34. The van der Waals surface area contributed by atoms with Gasteiger partial charge in [0.25, 0.3) is 0 Å². The third-order valence-corrected chi connectivity index (χ3v) is 2.14. The van der Waals surface area contributed by atoms with Crippen molar-refractivity contribution in [1.29, 1.82) is 0 Å². The molecule has 2 aromatic rings. The lowest BCUT2D eigenvalue weighted by molar-refractivity contribution is 0.0691. The first-order valence-corrected chi connectivity index (χ1v) is 4.18. The first-order valence-electron chi connectivity index (χ1n) is 4.18. The monoisotopic (exact) mass is 205 g/mol. The van der Waals surface area contributed by atoms with Crippen LogP contribution in [0.2, 0.25) is 0 Å². The van der Waals surface area contributed by atoms with Crippen LogP contribution in [-0.2, 0) is 0 Å². The molecule has 0 saturated carbocycles. The quantitative estimate of drug-likeness (QED) is 0.693. The number of aromatic amines is 1. The lowest BCUT2D eigenvalue weighted by atomic mass is 10.1. The number of H-pyrrole nitrogens is 1. The number of hydrogen-bond donors (Lipinski definition) is 3. The van der Waals surface area contributed by atoms with Crippen molar-refractivity contribution >= 4 is 22.7 Å². The van der Waals surface area contributed by atoms with Crippen molar-refractivity contribution in [2.24, 2.45) is 0 Å². The van der Waals surface area contributed by atoms with Crippen LogP contribution in [0.3, 0.4) is 0 Å². The van der Waals surface area contributed by atoms with Crippen molar-refractivity contribution in [1.82, 2.24) is 4.98 Å². The molecule has 15 heavy (non-hydrogen) atoms. The molecule has 0 fully saturated rings. The highest BCUT2D eigenvalue weighted by Gasteiger charge is 2.18. The number of nitrogens with one attached hydrogen (secondary N) is 1. The fraction of sp³-hybridized carbons (Fsp3) is 0. The minimum Gasteiger partial charge on any atom is -0.477 e. The summed E-state index contributed by atoms with van der Waals surface area (Å²) in [5.74, 6) is -2.34. The van der Waals surface area contributed by atoms with Gasteiger partial charge in [-0.25, -0.2) is 9.59 Å². The normalized spacial score (nSPS) is 10.4. The Kier molecular flexibility index (Phi) is 1.93. The van der Waals surface area contributed by atoms with E-state index in [4.69, 9.17) is 10.2 Å². The molecule has 1 heterocycles. The highest BCUT2D eigenvalue weighted by atomic mass is 16.4. The molecule has 5 nitrogen and oxygen atoms in total. The van der Waals surface area contributed by atoms with E-state index in [0.717, 1.165) is 0 Å². The Morgan fingerprint density at radius 2 is 1.33 bits per heavy atom. The van der Waals surface area contributed by atoms with Crippen LogP contribution in [0.4, 0.5) is 0 Å². The van der Waals surface area contributed by atoms with Crippen molar-refractivity contribution in [3.05, 3.63) is 35.7 Å². The van der Waals surface area contributed by atoms with E-state index < -0.39 is 11.9 Å². The SMILES string of the molecule is O=C(O)c1[nH]c(C(=O)O)c2ccccc12. The summed E-state index contributed by atoms with van der Waals surface area (Å²) in [6.07, 6.45) is 0. The molecule has 2 rings (SSSR count). The average molecular weight is 205 g/mol. The predicted molar refractivity (Wildman–Crippen MR) is 52.2 cm³/mol. The summed E-state index contributed by atoms with van der Waals surface area (Å²) in [4.78, 5) is 24.0. The molecule has 76 valence electrons. The molecule has 0 bridgehead atoms. The van der Waals surface area contributed by atoms with Gasteiger partial charge >= 0.3 is 11.9 Å². The number of carboxylic acids is 2. The first kappa shape index (κ1) is 9.26. The second kappa shape index (κ2) is 3.13. The smallest absolute Gasteiger partial charge is 0.352 e. The fourth-order valence-electron chi connectivity index (χ4n) is 1.52. The highest BCUT2D eigenvalue weighted by Crippen LogP contribution is 2.22. The average Bonchev–Trinajstić information content (AvgIpc) is 2.56. The Morgan fingerprint density at radius 3 is 1.67 bits per heavy atom. The second-order valence-electron chi connectivity index (χ2n) is 3.03. The molecule has 5 heteroatoms. The minimum absolute atomic E-state index is 0.0944. The zero-order chi connectivity index (χ0) is 11.0. The lowest BCUT2D eigenvalue weighted by Gasteiger charge is -1.90. The molecule has 0 aliphatic carbocycles. The van der Waals surface area contributed by atoms with Crippen molar-refractivity contribution in [3.63, 3.8) is 0 Å². The van der Waals surface area contributed by atoms with E-state index in [1.807, 2.05) is 0 Å². The van der Waals surface area contributed by atoms with Gasteiger partial charge in [0.1, 0.15) is 11.4 Å². The lowest BCUT2D eigenvalue weighted by Crippen LogP contribution is -2.00. The van der Waals surface area contributed by atoms with Gasteiger partial charge in [0, 0.05) is 10.8 Å². The molecule has 0 aliphatic rings. The number of aromatic nitrogens is 1. The molecule has 1 aromatic heterocycles. The summed E-state index contributed by atoms with van der Waals surface area (Å²) >= 11 is 0. The Hall–Kier alpha value is -2.30. The summed E-state index contributed by atoms with van der Waals surface area (Å²) in [5.41, 5.74) is -0.189. The fourth-order valence-corrected chi connectivity index (χ4v) is 1.52. The number of fused-ring (bicyclic) bond motifs is 1. The van der Waals surface area contributed by atoms with Crippen molar-refractivity contribution in [2.45, 2.75) is 0 Å². The maximum atomic E-state index is 10.8. The van der Waals surface area contributed by atoms with E-state index in [-0.39, 0.29) is 11.4 Å². The van der Waals surface area contributed by atoms with E-state index in [9.17, 15) is 9.59 Å². The van der Waals surface area contributed by atoms with Gasteiger partial charge in [0.2, 0.25) is 0 Å². The molecule has 0 saturated heterocycles. The topological polar surface area (TPSA) is 90.4 Å². The van der Waals surface area contributed by atoms with Crippen LogP contribution in [0.5, 0.6) is 0 Å². The minimum atomic E-state index is -1.17. The van der Waals surface area contributed by atoms with Gasteiger partial charge in [0.15, 0.2) is 0 Å². The van der Waals surface area contributed by atoms with Gasteiger partial charge in [-0.3, -0.25) is 0 Å². The van der Waals surface area contributed by atoms with Crippen LogP contribution in [0.1, 0.15) is 21.0 Å². The summed E-state index contributed by atoms with van der Waals surface area (Å²) in [6.45, 7) is 0. The van der Waals surface area contributed by atoms with E-state index in [0.29, 0.717) is 10.8 Å². The van der Waals surface area contributed by atoms with Crippen LogP contribution < -0.4 is 0 Å². The van der Waals surface area contributed by atoms with E-state index in [1.54, 1.807) is 24.3 Å². The van der Waals surface area contributed by atoms with Crippen LogP contribution >= 0.6 is 0 Å². The molecule has 0 unspecified atom stereocenters. The number of benzene rings is 1. The van der Waals surface area contributed by atoms with Crippen LogP contribution in [0.25, 0.3) is 10.8 Å². The largest absolute Gasteiger partial charge is 0.477 e. The third-order valence-electron chi connectivity index (χ3n) is 2.14. The number of carbonyl (C=O) groups is 2. The maximum absolute atomic E-state index is 10.8. The molecular formula is C10H7NO4. The Balaban J connectivity index is 2.85. The summed E-state index contributed by atoms with van der Waals surface area (Å²) < 4.78 is 0. The summed E-state index contributed by atoms with van der Waals surface area (Å²) in [6, 6.07) is 6.46. The second-order valence-corrected chi connectivity index (χ2v) is 3.03. The number of hydrogen-bond acceptors (Lipinski definition) is 2. The molecule has 0 aliphatic heterocycles. The Morgan fingerprint density at radius 1 is 0.933 bits per heavy atom. The van der Waals surface area contributed by atoms with Crippen molar-refractivity contribution in [2.75, 3.05) is 0 Å². The van der Waals surface area contributed by atoms with E-state index >= 15 is 0 Å². The van der Waals surface area contributed by atoms with E-state index in [1.165, 1.54) is 0 Å². The predicted octanol–water partition coefficient (Wildman–Crippen LogP) is 1.56. The van der Waals surface area contributed by atoms with Crippen LogP contribution in [0.15, 0.2) is 24.3 Å². The molecular weight excluding hydrogens is 198 g/mol. The van der Waals surface area contributed by atoms with Gasteiger partial charge < -0.3 is 15.2 Å². The molecule has 0 radical (unpaired) electrons. The molecule has 0 amide bonds. The van der Waals surface area contributed by atoms with E-state index in [2.05, 4.69) is 4.98 Å². The zero-order valence-corrected chi connectivity index (χ0v) is 7.52. The Bertz CT molecular complexity index is 508. The van der Waals surface area contributed by atoms with Gasteiger partial charge in [-0.2, -0.15) is 0 Å². The first-order chi connectivity index (χ1) is 7.11. The maximum Gasteiger partial charge on any atom is 0.352 e. The van der Waals surface area contributed by atoms with Gasteiger partial charge in [-0.15, -0.1) is 0 Å². The van der Waals surface area contributed by atoms with Gasteiger partial charge in [-0.05, 0) is 0 Å². The Labute approximate surface area is 84.0 Å².